The van der Waals surface area contributed by atoms with Gasteiger partial charge in [-0.1, -0.05) is 13.3 Å². The second-order valence-corrected chi connectivity index (χ2v) is 7.30. The average molecular weight is 271 g/mol. The molecule has 86 valence electrons. The van der Waals surface area contributed by atoms with Crippen molar-refractivity contribution in [3.05, 3.63) is 0 Å². The third-order valence-electron chi connectivity index (χ3n) is 1.74. The van der Waals surface area contributed by atoms with Crippen LogP contribution < -0.4 is 0 Å². The van der Waals surface area contributed by atoms with Gasteiger partial charge in [0.15, 0.2) is 0 Å². The van der Waals surface area contributed by atoms with Gasteiger partial charge in [-0.25, -0.2) is 0 Å². The molecular formula is C10H22S4. The normalized spacial score (nSPS) is 11.1. The lowest BCUT2D eigenvalue weighted by Crippen LogP contribution is -1.92. The van der Waals surface area contributed by atoms with Gasteiger partial charge in [0, 0.05) is 4.58 Å². The number of hydrogen-bond donors (Lipinski definition) is 2. The summed E-state index contributed by atoms with van der Waals surface area (Å²) in [5.74, 6) is 5.18. The second kappa shape index (κ2) is 12.5. The van der Waals surface area contributed by atoms with Gasteiger partial charge in [-0.2, -0.15) is 48.8 Å². The van der Waals surface area contributed by atoms with E-state index in [2.05, 4.69) is 43.9 Å². The van der Waals surface area contributed by atoms with Crippen molar-refractivity contribution in [2.24, 2.45) is 0 Å². The number of thiol groups is 2. The van der Waals surface area contributed by atoms with Crippen LogP contribution in [0.2, 0.25) is 0 Å². The summed E-state index contributed by atoms with van der Waals surface area (Å²) < 4.78 is 0.265. The maximum absolute atomic E-state index is 4.23. The van der Waals surface area contributed by atoms with E-state index < -0.39 is 0 Å². The molecule has 0 radical (unpaired) electrons. The summed E-state index contributed by atoms with van der Waals surface area (Å²) in [5, 5.41) is 0. The minimum atomic E-state index is 0.265. The Bertz CT molecular complexity index is 106. The van der Waals surface area contributed by atoms with Crippen LogP contribution in [0.1, 0.15) is 32.6 Å². The fraction of sp³-hybridized carbons (Fsp3) is 1.00. The highest BCUT2D eigenvalue weighted by molar-refractivity contribution is 8.00. The summed E-state index contributed by atoms with van der Waals surface area (Å²) in [5.41, 5.74) is 0. The van der Waals surface area contributed by atoms with Gasteiger partial charge in [0.25, 0.3) is 0 Å². The molecule has 0 aromatic heterocycles. The zero-order chi connectivity index (χ0) is 10.6. The number of unbranched alkanes of at least 4 members (excludes halogenated alkanes) is 1. The largest absolute Gasteiger partial charge is 0.165 e. The molecule has 0 fully saturated rings. The predicted molar refractivity (Wildman–Crippen MR) is 80.6 cm³/mol. The first kappa shape index (κ1) is 15.4. The molecule has 0 unspecified atom stereocenters. The molecule has 0 aliphatic carbocycles. The van der Waals surface area contributed by atoms with E-state index in [-0.39, 0.29) is 4.58 Å². The van der Waals surface area contributed by atoms with Crippen molar-refractivity contribution in [1.29, 1.82) is 0 Å². The van der Waals surface area contributed by atoms with Crippen LogP contribution >= 0.6 is 48.8 Å². The summed E-state index contributed by atoms with van der Waals surface area (Å²) in [4.78, 5) is 0. The van der Waals surface area contributed by atoms with Gasteiger partial charge in [-0.15, -0.1) is 0 Å². The number of hydrogen-bond acceptors (Lipinski definition) is 4. The Morgan fingerprint density at radius 3 is 2.07 bits per heavy atom. The molecule has 0 aromatic carbocycles. The van der Waals surface area contributed by atoms with Crippen molar-refractivity contribution < 1.29 is 0 Å². The molecule has 0 heterocycles. The van der Waals surface area contributed by atoms with Crippen molar-refractivity contribution in [2.75, 3.05) is 23.0 Å². The van der Waals surface area contributed by atoms with Crippen LogP contribution in [0.25, 0.3) is 0 Å². The highest BCUT2D eigenvalue weighted by atomic mass is 32.2. The highest BCUT2D eigenvalue weighted by Crippen LogP contribution is 2.14. The van der Waals surface area contributed by atoms with Crippen LogP contribution in [0.15, 0.2) is 0 Å². The fourth-order valence-corrected chi connectivity index (χ4v) is 3.69. The Hall–Kier alpha value is 1.40. The van der Waals surface area contributed by atoms with Crippen molar-refractivity contribution in [3.63, 3.8) is 0 Å². The van der Waals surface area contributed by atoms with Gasteiger partial charge in [-0.05, 0) is 42.3 Å². The highest BCUT2D eigenvalue weighted by Gasteiger charge is 1.95. The lowest BCUT2D eigenvalue weighted by atomic mass is 10.4. The van der Waals surface area contributed by atoms with Gasteiger partial charge in [0.1, 0.15) is 0 Å². The van der Waals surface area contributed by atoms with E-state index in [1.165, 1.54) is 42.3 Å². The van der Waals surface area contributed by atoms with Gasteiger partial charge in [0.2, 0.25) is 0 Å². The van der Waals surface area contributed by atoms with Crippen molar-refractivity contribution in [2.45, 2.75) is 37.2 Å². The van der Waals surface area contributed by atoms with Crippen LogP contribution in [0.3, 0.4) is 0 Å². The summed E-state index contributed by atoms with van der Waals surface area (Å²) in [6.45, 7) is 2.25. The molecule has 0 aromatic rings. The quantitative estimate of drug-likeness (QED) is 0.346. The first-order chi connectivity index (χ1) is 6.77. The summed E-state index contributed by atoms with van der Waals surface area (Å²) in [6, 6.07) is 0. The lowest BCUT2D eigenvalue weighted by Gasteiger charge is -2.03. The molecule has 0 saturated heterocycles. The van der Waals surface area contributed by atoms with Gasteiger partial charge < -0.3 is 0 Å². The Labute approximate surface area is 109 Å². The second-order valence-electron chi connectivity index (χ2n) is 3.20. The minimum absolute atomic E-state index is 0.265. The Balaban J connectivity index is 2.85. The van der Waals surface area contributed by atoms with E-state index >= 15 is 0 Å². The first-order valence-corrected chi connectivity index (χ1v) is 8.63. The van der Waals surface area contributed by atoms with Gasteiger partial charge in [-0.3, -0.25) is 0 Å². The molecule has 0 N–H and O–H groups in total. The molecule has 0 aliphatic rings. The molecule has 4 heteroatoms. The lowest BCUT2D eigenvalue weighted by molar-refractivity contribution is 0.895. The van der Waals surface area contributed by atoms with E-state index in [9.17, 15) is 0 Å². The molecule has 0 spiro atoms. The van der Waals surface area contributed by atoms with E-state index in [0.717, 1.165) is 6.42 Å². The summed E-state index contributed by atoms with van der Waals surface area (Å²) in [7, 11) is 0. The van der Waals surface area contributed by atoms with Crippen molar-refractivity contribution in [3.8, 4) is 0 Å². The van der Waals surface area contributed by atoms with Crippen LogP contribution in [0.5, 0.6) is 0 Å². The number of rotatable bonds is 10. The Morgan fingerprint density at radius 1 is 0.929 bits per heavy atom. The smallest absolute Gasteiger partial charge is 0.0450 e. The van der Waals surface area contributed by atoms with E-state index in [4.69, 9.17) is 0 Å². The molecule has 0 amide bonds. The monoisotopic (exact) mass is 270 g/mol. The third-order valence-corrected chi connectivity index (χ3v) is 4.51. The van der Waals surface area contributed by atoms with Crippen LogP contribution in [-0.4, -0.2) is 27.6 Å². The average Bonchev–Trinajstić information content (AvgIpc) is 2.15. The van der Waals surface area contributed by atoms with E-state index in [1.54, 1.807) is 0 Å². The molecule has 0 rings (SSSR count). The first-order valence-electron chi connectivity index (χ1n) is 5.29. The van der Waals surface area contributed by atoms with Crippen LogP contribution in [-0.2, 0) is 0 Å². The zero-order valence-electron chi connectivity index (χ0n) is 8.95. The third kappa shape index (κ3) is 13.4. The SMILES string of the molecule is CCCCSCCCSCCC(S)S. The predicted octanol–water partition coefficient (Wildman–Crippen LogP) is 4.22. The molecular weight excluding hydrogens is 248 g/mol. The zero-order valence-corrected chi connectivity index (χ0v) is 12.4. The maximum atomic E-state index is 4.23. The maximum Gasteiger partial charge on any atom is 0.0450 e. The standard InChI is InChI=1S/C10H22S4/c1-2-3-6-13-7-4-8-14-9-5-10(11)12/h10-12H,2-9H2,1H3. The summed E-state index contributed by atoms with van der Waals surface area (Å²) in [6.07, 6.45) is 5.16. The Kier molecular flexibility index (Phi) is 13.7. The van der Waals surface area contributed by atoms with Gasteiger partial charge >= 0.3 is 0 Å². The molecule has 0 bridgehead atoms. The molecule has 14 heavy (non-hydrogen) atoms. The molecule has 0 atom stereocenters. The molecule has 0 saturated carbocycles. The van der Waals surface area contributed by atoms with Gasteiger partial charge in [0.05, 0.1) is 0 Å². The number of thioether (sulfide) groups is 2. The van der Waals surface area contributed by atoms with Crippen molar-refractivity contribution >= 4 is 48.8 Å². The summed E-state index contributed by atoms with van der Waals surface area (Å²) >= 11 is 12.6. The fourth-order valence-electron chi connectivity index (χ4n) is 0.902. The Morgan fingerprint density at radius 2 is 1.50 bits per heavy atom. The van der Waals surface area contributed by atoms with Crippen LogP contribution in [0.4, 0.5) is 0 Å². The molecule has 0 nitrogen and oxygen atoms in total. The van der Waals surface area contributed by atoms with E-state index in [0.29, 0.717) is 0 Å². The minimum Gasteiger partial charge on any atom is -0.165 e. The molecule has 0 aliphatic heterocycles. The van der Waals surface area contributed by atoms with Crippen molar-refractivity contribution in [1.82, 2.24) is 0 Å². The topological polar surface area (TPSA) is 0 Å². The van der Waals surface area contributed by atoms with Crippen LogP contribution in [0, 0.1) is 0 Å². The van der Waals surface area contributed by atoms with E-state index in [1.807, 2.05) is 11.8 Å².